The van der Waals surface area contributed by atoms with E-state index in [4.69, 9.17) is 19.4 Å². The van der Waals surface area contributed by atoms with E-state index >= 15 is 0 Å². The molecule has 1 fully saturated rings. The molecule has 128 valence electrons. The number of benzene rings is 1. The first-order chi connectivity index (χ1) is 12.0. The average Bonchev–Trinajstić information content (AvgIpc) is 3.34. The maximum Gasteiger partial charge on any atom is 0.261 e. The van der Waals surface area contributed by atoms with Gasteiger partial charge in [-0.15, -0.1) is 0 Å². The Kier molecular flexibility index (Phi) is 4.13. The number of halogens is 1. The number of nitrogens with zero attached hydrogens (tertiary/aromatic N) is 4. The Balaban J connectivity index is 1.59. The molecule has 0 aliphatic carbocycles. The van der Waals surface area contributed by atoms with Gasteiger partial charge in [-0.1, -0.05) is 17.1 Å². The summed E-state index contributed by atoms with van der Waals surface area (Å²) in [4.78, 5) is 17.0. The second kappa shape index (κ2) is 6.19. The minimum Gasteiger partial charge on any atom is -0.392 e. The van der Waals surface area contributed by atoms with Gasteiger partial charge in [0, 0.05) is 17.5 Å². The highest BCUT2D eigenvalue weighted by Crippen LogP contribution is 2.36. The van der Waals surface area contributed by atoms with Crippen LogP contribution in [-0.4, -0.2) is 46.9 Å². The summed E-state index contributed by atoms with van der Waals surface area (Å²) in [5, 5.41) is 22.5. The lowest BCUT2D eigenvalue weighted by molar-refractivity contribution is 0.0850. The molecule has 9 heteroatoms. The third-order valence-corrected chi connectivity index (χ3v) is 5.17. The van der Waals surface area contributed by atoms with E-state index in [1.54, 1.807) is 12.1 Å². The second-order valence-corrected chi connectivity index (χ2v) is 7.13. The van der Waals surface area contributed by atoms with E-state index < -0.39 is 11.8 Å². The standard InChI is InChI=1S/C16H17BClN5O2/c17-10-5-12-9(4-11(10)18)15(25)23(8-20-12)7-16(21-22-16)6-13-14(24)2-1-3-19-13/h4-5,8,13-14,19,24H,1-3,6-7H2/t13-,14+/m1/s1. The fourth-order valence-electron chi connectivity index (χ4n) is 3.36. The molecular weight excluding hydrogens is 340 g/mol. The SMILES string of the molecule is [B]c1cc2ncn(CC3(C[C@H]4NCCC[C@@H]4O)N=N3)c(=O)c2cc1Cl. The largest absolute Gasteiger partial charge is 0.392 e. The van der Waals surface area contributed by atoms with E-state index in [9.17, 15) is 9.90 Å². The third-order valence-electron chi connectivity index (χ3n) is 4.84. The summed E-state index contributed by atoms with van der Waals surface area (Å²) < 4.78 is 1.49. The van der Waals surface area contributed by atoms with Crippen molar-refractivity contribution in [2.75, 3.05) is 6.54 Å². The van der Waals surface area contributed by atoms with Gasteiger partial charge in [0.1, 0.15) is 7.85 Å². The predicted molar refractivity (Wildman–Crippen MR) is 95.6 cm³/mol. The van der Waals surface area contributed by atoms with Crippen LogP contribution in [0.15, 0.2) is 33.5 Å². The van der Waals surface area contributed by atoms with Crippen molar-refractivity contribution >= 4 is 35.8 Å². The average molecular weight is 358 g/mol. The zero-order valence-corrected chi connectivity index (χ0v) is 14.3. The van der Waals surface area contributed by atoms with Gasteiger partial charge in [-0.2, -0.15) is 10.2 Å². The molecule has 0 bridgehead atoms. The molecule has 0 unspecified atom stereocenters. The van der Waals surface area contributed by atoms with Crippen LogP contribution in [0.1, 0.15) is 19.3 Å². The van der Waals surface area contributed by atoms with Crippen LogP contribution in [0.25, 0.3) is 10.9 Å². The monoisotopic (exact) mass is 357 g/mol. The summed E-state index contributed by atoms with van der Waals surface area (Å²) >= 11 is 6.03. The minimum atomic E-state index is -0.674. The van der Waals surface area contributed by atoms with E-state index in [0.717, 1.165) is 19.4 Å². The van der Waals surface area contributed by atoms with Crippen molar-refractivity contribution in [2.45, 2.75) is 43.6 Å². The first-order valence-corrected chi connectivity index (χ1v) is 8.65. The van der Waals surface area contributed by atoms with Crippen LogP contribution in [0.5, 0.6) is 0 Å². The number of hydrogen-bond acceptors (Lipinski definition) is 6. The zero-order valence-electron chi connectivity index (χ0n) is 13.5. The van der Waals surface area contributed by atoms with Gasteiger partial charge in [0.05, 0.1) is 29.9 Å². The highest BCUT2D eigenvalue weighted by Gasteiger charge is 2.44. The maximum atomic E-state index is 12.7. The number of rotatable bonds is 4. The van der Waals surface area contributed by atoms with Crippen LogP contribution >= 0.6 is 11.6 Å². The molecule has 2 aliphatic heterocycles. The summed E-state index contributed by atoms with van der Waals surface area (Å²) in [6.45, 7) is 1.16. The molecule has 2 N–H and O–H groups in total. The van der Waals surface area contributed by atoms with Gasteiger partial charge in [0.15, 0.2) is 0 Å². The van der Waals surface area contributed by atoms with Gasteiger partial charge in [-0.05, 0) is 31.5 Å². The van der Waals surface area contributed by atoms with Crippen molar-refractivity contribution in [3.63, 3.8) is 0 Å². The van der Waals surface area contributed by atoms with E-state index in [0.29, 0.717) is 34.4 Å². The van der Waals surface area contributed by atoms with Crippen molar-refractivity contribution in [3.05, 3.63) is 33.8 Å². The Hall–Kier alpha value is -1.77. The van der Waals surface area contributed by atoms with Crippen LogP contribution in [0.3, 0.4) is 0 Å². The molecule has 0 spiro atoms. The molecule has 4 rings (SSSR count). The maximum absolute atomic E-state index is 12.7. The molecule has 3 heterocycles. The minimum absolute atomic E-state index is 0.0675. The van der Waals surface area contributed by atoms with Crippen molar-refractivity contribution in [3.8, 4) is 0 Å². The van der Waals surface area contributed by atoms with Gasteiger partial charge in [0.2, 0.25) is 5.66 Å². The normalized spacial score (nSPS) is 24.6. The van der Waals surface area contributed by atoms with Gasteiger partial charge >= 0.3 is 0 Å². The highest BCUT2D eigenvalue weighted by atomic mass is 35.5. The molecule has 2 aliphatic rings. The Morgan fingerprint density at radius 1 is 1.44 bits per heavy atom. The lowest BCUT2D eigenvalue weighted by atomic mass is 9.93. The number of aliphatic hydroxyl groups is 1. The van der Waals surface area contributed by atoms with Gasteiger partial charge < -0.3 is 10.4 Å². The second-order valence-electron chi connectivity index (χ2n) is 6.73. The summed E-state index contributed by atoms with van der Waals surface area (Å²) in [7, 11) is 5.76. The third kappa shape index (κ3) is 3.21. The van der Waals surface area contributed by atoms with Gasteiger partial charge in [-0.3, -0.25) is 9.36 Å². The molecule has 0 saturated carbocycles. The first kappa shape index (κ1) is 16.7. The topological polar surface area (TPSA) is 91.9 Å². The molecule has 0 amide bonds. The molecule has 2 atom stereocenters. The molecule has 1 aromatic heterocycles. The highest BCUT2D eigenvalue weighted by molar-refractivity contribution is 6.45. The molecular formula is C16H17BClN5O2. The number of aliphatic hydroxyl groups excluding tert-OH is 1. The van der Waals surface area contributed by atoms with Gasteiger partial charge in [0.25, 0.3) is 5.56 Å². The zero-order chi connectivity index (χ0) is 17.6. The molecule has 7 nitrogen and oxygen atoms in total. The summed E-state index contributed by atoms with van der Waals surface area (Å²) in [5.74, 6) is 0. The first-order valence-electron chi connectivity index (χ1n) is 8.27. The Morgan fingerprint density at radius 3 is 2.96 bits per heavy atom. The van der Waals surface area contributed by atoms with Crippen molar-refractivity contribution in [1.29, 1.82) is 0 Å². The van der Waals surface area contributed by atoms with Gasteiger partial charge in [-0.25, -0.2) is 4.98 Å². The van der Waals surface area contributed by atoms with Crippen LogP contribution < -0.4 is 16.3 Å². The molecule has 2 radical (unpaired) electrons. The molecule has 25 heavy (non-hydrogen) atoms. The van der Waals surface area contributed by atoms with Crippen LogP contribution in [0.4, 0.5) is 0 Å². The van der Waals surface area contributed by atoms with Crippen LogP contribution in [0.2, 0.25) is 5.02 Å². The van der Waals surface area contributed by atoms with E-state index in [2.05, 4.69) is 20.5 Å². The molecule has 2 aromatic rings. The Morgan fingerprint density at radius 2 is 2.24 bits per heavy atom. The number of fused-ring (bicyclic) bond motifs is 1. The number of nitrogens with one attached hydrogen (secondary N) is 1. The quantitative estimate of drug-likeness (QED) is 0.780. The van der Waals surface area contributed by atoms with E-state index in [1.807, 2.05) is 0 Å². The number of aromatic nitrogens is 2. The van der Waals surface area contributed by atoms with E-state index in [1.165, 1.54) is 10.9 Å². The summed E-state index contributed by atoms with van der Waals surface area (Å²) in [6, 6.07) is 3.06. The van der Waals surface area contributed by atoms with Crippen LogP contribution in [0, 0.1) is 0 Å². The fraction of sp³-hybridized carbons (Fsp3) is 0.500. The number of hydrogen-bond donors (Lipinski definition) is 2. The molecule has 1 aromatic carbocycles. The smallest absolute Gasteiger partial charge is 0.261 e. The molecule has 1 saturated heterocycles. The lowest BCUT2D eigenvalue weighted by Crippen LogP contribution is -2.48. The Labute approximate surface area is 150 Å². The summed E-state index contributed by atoms with van der Waals surface area (Å²) in [6.07, 6.45) is 3.35. The van der Waals surface area contributed by atoms with Crippen molar-refractivity contribution in [1.82, 2.24) is 14.9 Å². The fourth-order valence-corrected chi connectivity index (χ4v) is 3.52. The lowest BCUT2D eigenvalue weighted by Gasteiger charge is -2.30. The van der Waals surface area contributed by atoms with Crippen molar-refractivity contribution < 1.29 is 5.11 Å². The predicted octanol–water partition coefficient (Wildman–Crippen LogP) is 0.509. The van der Waals surface area contributed by atoms with Crippen LogP contribution in [-0.2, 0) is 6.54 Å². The summed E-state index contributed by atoms with van der Waals surface area (Å²) in [5.41, 5.74) is 0.0130. The number of piperidine rings is 1. The van der Waals surface area contributed by atoms with Crippen molar-refractivity contribution in [2.24, 2.45) is 10.2 Å². The Bertz CT molecular complexity index is 909. The van der Waals surface area contributed by atoms with E-state index in [-0.39, 0.29) is 11.6 Å².